The molecule has 5 nitrogen and oxygen atoms in total. The van der Waals surface area contributed by atoms with Crippen LogP contribution in [-0.4, -0.2) is 41.3 Å². The van der Waals surface area contributed by atoms with Gasteiger partial charge in [-0.05, 0) is 6.54 Å². The molecule has 0 bridgehead atoms. The van der Waals surface area contributed by atoms with Crippen LogP contribution in [0.25, 0.3) is 0 Å². The lowest BCUT2D eigenvalue weighted by Crippen LogP contribution is -2.17. The van der Waals surface area contributed by atoms with Crippen molar-refractivity contribution in [2.24, 2.45) is 0 Å². The number of nitrogens with zero attached hydrogens (tertiary/aromatic N) is 2. The molecule has 1 aliphatic heterocycles. The van der Waals surface area contributed by atoms with E-state index in [0.717, 1.165) is 37.6 Å². The molecule has 1 aromatic rings. The Labute approximate surface area is 99.3 Å². The summed E-state index contributed by atoms with van der Waals surface area (Å²) >= 11 is 1.87. The van der Waals surface area contributed by atoms with E-state index >= 15 is 0 Å². The molecule has 1 fully saturated rings. The van der Waals surface area contributed by atoms with Gasteiger partial charge in [-0.25, -0.2) is 0 Å². The summed E-state index contributed by atoms with van der Waals surface area (Å²) < 4.78 is 10.8. The van der Waals surface area contributed by atoms with Gasteiger partial charge in [0.1, 0.15) is 6.10 Å². The van der Waals surface area contributed by atoms with Gasteiger partial charge in [-0.2, -0.15) is 16.7 Å². The Morgan fingerprint density at radius 1 is 1.56 bits per heavy atom. The molecule has 1 aromatic heterocycles. The molecule has 1 atom stereocenters. The maximum absolute atomic E-state index is 5.58. The number of nitrogens with one attached hydrogen (secondary N) is 1. The average molecular weight is 243 g/mol. The largest absolute Gasteiger partial charge is 0.368 e. The van der Waals surface area contributed by atoms with Gasteiger partial charge in [0.15, 0.2) is 0 Å². The zero-order valence-electron chi connectivity index (χ0n) is 9.44. The van der Waals surface area contributed by atoms with Crippen LogP contribution in [0.1, 0.15) is 24.7 Å². The molecule has 0 aromatic carbocycles. The quantitative estimate of drug-likeness (QED) is 0.779. The monoisotopic (exact) mass is 243 g/mol. The number of thioether (sulfide) groups is 1. The molecule has 6 heteroatoms. The second-order valence-corrected chi connectivity index (χ2v) is 4.73. The molecule has 16 heavy (non-hydrogen) atoms. The van der Waals surface area contributed by atoms with E-state index in [1.54, 1.807) is 0 Å². The summed E-state index contributed by atoms with van der Waals surface area (Å²) in [5.41, 5.74) is 0. The third-order valence-corrected chi connectivity index (χ3v) is 3.35. The minimum absolute atomic E-state index is 0.00962. The molecule has 1 aliphatic rings. The number of ether oxygens (including phenoxy) is 1. The minimum atomic E-state index is 0.00962. The molecular weight excluding hydrogens is 226 g/mol. The van der Waals surface area contributed by atoms with Crippen LogP contribution in [0.5, 0.6) is 0 Å². The highest BCUT2D eigenvalue weighted by atomic mass is 32.2. The molecule has 0 radical (unpaired) electrons. The van der Waals surface area contributed by atoms with Crippen molar-refractivity contribution < 1.29 is 9.26 Å². The third-order valence-electron chi connectivity index (χ3n) is 2.35. The van der Waals surface area contributed by atoms with Crippen LogP contribution in [0.3, 0.4) is 0 Å². The molecule has 2 heterocycles. The van der Waals surface area contributed by atoms with Crippen molar-refractivity contribution in [3.63, 3.8) is 0 Å². The van der Waals surface area contributed by atoms with Gasteiger partial charge in [-0.15, -0.1) is 0 Å². The summed E-state index contributed by atoms with van der Waals surface area (Å²) in [6, 6.07) is 0. The van der Waals surface area contributed by atoms with Crippen molar-refractivity contribution in [2.75, 3.05) is 31.2 Å². The standard InChI is InChI=1S/C10H17N3O2S/c1-2-11-4-3-9-12-10(13-15-9)8-7-16-6-5-14-8/h8,11H,2-7H2,1H3. The lowest BCUT2D eigenvalue weighted by atomic mass is 10.3. The van der Waals surface area contributed by atoms with Crippen molar-refractivity contribution >= 4 is 11.8 Å². The van der Waals surface area contributed by atoms with Gasteiger partial charge in [0.25, 0.3) is 0 Å². The van der Waals surface area contributed by atoms with Crippen LogP contribution >= 0.6 is 11.8 Å². The van der Waals surface area contributed by atoms with Gasteiger partial charge in [0.2, 0.25) is 11.7 Å². The van der Waals surface area contributed by atoms with Crippen molar-refractivity contribution in [1.82, 2.24) is 15.5 Å². The van der Waals surface area contributed by atoms with E-state index in [0.29, 0.717) is 11.7 Å². The van der Waals surface area contributed by atoms with Crippen LogP contribution in [0.4, 0.5) is 0 Å². The molecule has 0 saturated carbocycles. The summed E-state index contributed by atoms with van der Waals surface area (Å²) in [5, 5.41) is 7.19. The maximum Gasteiger partial charge on any atom is 0.228 e. The Balaban J connectivity index is 1.85. The van der Waals surface area contributed by atoms with Crippen LogP contribution in [0, 0.1) is 0 Å². The fourth-order valence-electron chi connectivity index (χ4n) is 1.51. The minimum Gasteiger partial charge on any atom is -0.368 e. The van der Waals surface area contributed by atoms with E-state index in [2.05, 4.69) is 22.4 Å². The zero-order chi connectivity index (χ0) is 11.2. The smallest absolute Gasteiger partial charge is 0.228 e. The molecule has 90 valence electrons. The predicted octanol–water partition coefficient (Wildman–Crippen LogP) is 1.03. The highest BCUT2D eigenvalue weighted by molar-refractivity contribution is 7.99. The molecule has 1 unspecified atom stereocenters. The number of hydrogen-bond donors (Lipinski definition) is 1. The average Bonchev–Trinajstić information content (AvgIpc) is 2.79. The number of aromatic nitrogens is 2. The fraction of sp³-hybridized carbons (Fsp3) is 0.800. The van der Waals surface area contributed by atoms with Gasteiger partial charge in [0.05, 0.1) is 6.61 Å². The summed E-state index contributed by atoms with van der Waals surface area (Å²) in [4.78, 5) is 4.35. The van der Waals surface area contributed by atoms with Crippen molar-refractivity contribution in [3.8, 4) is 0 Å². The lowest BCUT2D eigenvalue weighted by molar-refractivity contribution is 0.0677. The molecular formula is C10H17N3O2S. The second kappa shape index (κ2) is 6.22. The van der Waals surface area contributed by atoms with Crippen molar-refractivity contribution in [1.29, 1.82) is 0 Å². The Morgan fingerprint density at radius 3 is 3.25 bits per heavy atom. The van der Waals surface area contributed by atoms with E-state index < -0.39 is 0 Å². The summed E-state index contributed by atoms with van der Waals surface area (Å²) in [6.07, 6.45) is 0.788. The van der Waals surface area contributed by atoms with E-state index in [9.17, 15) is 0 Å². The van der Waals surface area contributed by atoms with Gasteiger partial charge < -0.3 is 14.6 Å². The maximum atomic E-state index is 5.58. The van der Waals surface area contributed by atoms with E-state index in [1.165, 1.54) is 0 Å². The van der Waals surface area contributed by atoms with Gasteiger partial charge in [-0.3, -0.25) is 0 Å². The highest BCUT2D eigenvalue weighted by Crippen LogP contribution is 2.24. The number of hydrogen-bond acceptors (Lipinski definition) is 6. The fourth-order valence-corrected chi connectivity index (χ4v) is 2.35. The molecule has 0 spiro atoms. The molecule has 0 amide bonds. The molecule has 1 saturated heterocycles. The summed E-state index contributed by atoms with van der Waals surface area (Å²) in [5.74, 6) is 3.36. The van der Waals surface area contributed by atoms with Crippen LogP contribution in [-0.2, 0) is 11.2 Å². The third kappa shape index (κ3) is 3.20. The second-order valence-electron chi connectivity index (χ2n) is 3.58. The first-order chi connectivity index (χ1) is 7.90. The topological polar surface area (TPSA) is 60.2 Å². The van der Waals surface area contributed by atoms with Crippen molar-refractivity contribution in [3.05, 3.63) is 11.7 Å². The number of likely N-dealkylation sites (N-methyl/N-ethyl adjacent to an activating group) is 1. The van der Waals surface area contributed by atoms with Gasteiger partial charge in [0, 0.05) is 24.5 Å². The van der Waals surface area contributed by atoms with E-state index in [1.807, 2.05) is 11.8 Å². The van der Waals surface area contributed by atoms with E-state index in [-0.39, 0.29) is 6.10 Å². The predicted molar refractivity (Wildman–Crippen MR) is 62.6 cm³/mol. The normalized spacial score (nSPS) is 21.2. The van der Waals surface area contributed by atoms with Crippen molar-refractivity contribution in [2.45, 2.75) is 19.4 Å². The zero-order valence-corrected chi connectivity index (χ0v) is 10.3. The van der Waals surface area contributed by atoms with Crippen LogP contribution in [0.15, 0.2) is 4.52 Å². The van der Waals surface area contributed by atoms with Crippen LogP contribution < -0.4 is 5.32 Å². The highest BCUT2D eigenvalue weighted by Gasteiger charge is 2.21. The summed E-state index contributed by atoms with van der Waals surface area (Å²) in [6.45, 7) is 4.69. The SMILES string of the molecule is CCNCCc1nc(C2CSCCO2)no1. The van der Waals surface area contributed by atoms with Gasteiger partial charge >= 0.3 is 0 Å². The Hall–Kier alpha value is -0.590. The Kier molecular flexibility index (Phi) is 4.62. The van der Waals surface area contributed by atoms with Crippen LogP contribution in [0.2, 0.25) is 0 Å². The first-order valence-corrected chi connectivity index (χ1v) is 6.78. The first kappa shape index (κ1) is 11.9. The van der Waals surface area contributed by atoms with Gasteiger partial charge in [-0.1, -0.05) is 12.1 Å². The van der Waals surface area contributed by atoms with E-state index in [4.69, 9.17) is 9.26 Å². The lowest BCUT2D eigenvalue weighted by Gasteiger charge is -2.18. The first-order valence-electron chi connectivity index (χ1n) is 5.62. The molecule has 0 aliphatic carbocycles. The summed E-state index contributed by atoms with van der Waals surface area (Å²) in [7, 11) is 0. The molecule has 1 N–H and O–H groups in total. The Bertz CT molecular complexity index is 313. The Morgan fingerprint density at radius 2 is 2.50 bits per heavy atom. The molecule has 2 rings (SSSR count). The number of rotatable bonds is 5.